The molecule has 0 aliphatic heterocycles. The minimum absolute atomic E-state index is 0.0572. The first-order chi connectivity index (χ1) is 63.2. The molecule has 0 fully saturated rings. The van der Waals surface area contributed by atoms with E-state index in [2.05, 4.69) is 344 Å². The predicted molar refractivity (Wildman–Crippen MR) is 528 cm³/mol. The molecule has 0 heterocycles. The molecule has 2 aliphatic carbocycles. The highest BCUT2D eigenvalue weighted by atomic mass is 19.2. The summed E-state index contributed by atoms with van der Waals surface area (Å²) in [7, 11) is 0. The van der Waals surface area contributed by atoms with E-state index in [9.17, 15) is 17.6 Å². The molecule has 630 valence electrons. The van der Waals surface area contributed by atoms with Crippen LogP contribution in [0.2, 0.25) is 0 Å². The van der Waals surface area contributed by atoms with E-state index in [0.717, 1.165) is 147 Å². The van der Waals surface area contributed by atoms with Crippen LogP contribution >= 0.6 is 0 Å². The standard InChI is InChI=1S/C122H92F4N2O2/c1-9-79-19-63-103(64-20-79)129-105-67-47-95(48-68-105)121(93-43-39-91(40-44-93)119(3,4)5)111-17-13-11-15-107(111)109-71-35-87(75-113(109)121)83-27-55-99(56-28-83)127(101-59-31-85(32-60-101)89-37-73-115(123)117(125)77-89)97-51-23-81(24-52-97)82-25-53-98(54-26-82)128(102-61-33-86(34-62-102)90-38-74-116(124)118(126)78-90)100-57-29-84(30-58-100)88-36-72-110-108-16-12-14-18-112(108)122(114(110)76-88,94-45-41-92(42-46-94)120(6,7)8)96-49-69-106(70-50-96)130-104-65-21-80(10-2)22-66-104/h9-78H,1-2H2,3-8H3. The largest absolute Gasteiger partial charge is 0.457 e. The summed E-state index contributed by atoms with van der Waals surface area (Å²) in [5.74, 6) is -0.660. The van der Waals surface area contributed by atoms with E-state index in [0.29, 0.717) is 11.1 Å². The van der Waals surface area contributed by atoms with Crippen LogP contribution in [0.5, 0.6) is 23.0 Å². The van der Waals surface area contributed by atoms with E-state index in [1.54, 1.807) is 12.1 Å². The number of benzene rings is 18. The van der Waals surface area contributed by atoms with Crippen molar-refractivity contribution in [3.8, 4) is 101 Å². The van der Waals surface area contributed by atoms with Crippen LogP contribution in [0.4, 0.5) is 51.7 Å². The smallest absolute Gasteiger partial charge is 0.159 e. The third kappa shape index (κ3) is 15.2. The predicted octanol–water partition coefficient (Wildman–Crippen LogP) is 33.7. The van der Waals surface area contributed by atoms with Gasteiger partial charge in [-0.05, 0) is 313 Å². The molecule has 4 nitrogen and oxygen atoms in total. The minimum atomic E-state index is -0.909. The van der Waals surface area contributed by atoms with Gasteiger partial charge in [0.15, 0.2) is 23.3 Å². The van der Waals surface area contributed by atoms with Gasteiger partial charge in [0.1, 0.15) is 23.0 Å². The van der Waals surface area contributed by atoms with Crippen molar-refractivity contribution >= 4 is 46.3 Å². The molecule has 2 aliphatic rings. The lowest BCUT2D eigenvalue weighted by Gasteiger charge is -2.34. The number of fused-ring (bicyclic) bond motifs is 6. The lowest BCUT2D eigenvalue weighted by atomic mass is 9.67. The molecule has 130 heavy (non-hydrogen) atoms. The third-order valence-electron chi connectivity index (χ3n) is 26.0. The Morgan fingerprint density at radius 2 is 0.462 bits per heavy atom. The fraction of sp³-hybridized carbons (Fsp3) is 0.0820. The molecule has 2 atom stereocenters. The molecule has 0 saturated heterocycles. The number of halogens is 4. The average molecular weight is 1690 g/mol. The second kappa shape index (κ2) is 33.6. The number of anilines is 6. The van der Waals surface area contributed by atoms with Gasteiger partial charge < -0.3 is 19.3 Å². The van der Waals surface area contributed by atoms with Crippen molar-refractivity contribution in [3.05, 3.63) is 516 Å². The number of hydrogen-bond donors (Lipinski definition) is 0. The van der Waals surface area contributed by atoms with Gasteiger partial charge in [0.05, 0.1) is 10.8 Å². The Labute approximate surface area is 758 Å². The summed E-state index contributed by atoms with van der Waals surface area (Å²) in [5, 5.41) is 0. The van der Waals surface area contributed by atoms with Crippen LogP contribution in [0.25, 0.3) is 90.0 Å². The van der Waals surface area contributed by atoms with Crippen LogP contribution in [0, 0.1) is 23.3 Å². The van der Waals surface area contributed by atoms with Gasteiger partial charge in [0.2, 0.25) is 0 Å². The van der Waals surface area contributed by atoms with E-state index < -0.39 is 34.1 Å². The van der Waals surface area contributed by atoms with Gasteiger partial charge in [0.25, 0.3) is 0 Å². The van der Waals surface area contributed by atoms with Crippen LogP contribution in [0.3, 0.4) is 0 Å². The van der Waals surface area contributed by atoms with Gasteiger partial charge in [0, 0.05) is 34.1 Å². The first-order valence-electron chi connectivity index (χ1n) is 44.0. The summed E-state index contributed by atoms with van der Waals surface area (Å²) in [6.45, 7) is 21.4. The third-order valence-corrected chi connectivity index (χ3v) is 26.0. The fourth-order valence-electron chi connectivity index (χ4n) is 19.2. The number of rotatable bonds is 21. The van der Waals surface area contributed by atoms with Crippen molar-refractivity contribution in [2.45, 2.75) is 63.2 Å². The molecular weight excluding hydrogens is 1600 g/mol. The maximum atomic E-state index is 14.8. The van der Waals surface area contributed by atoms with Crippen LogP contribution in [-0.2, 0) is 21.7 Å². The molecule has 0 radical (unpaired) electrons. The summed E-state index contributed by atoms with van der Waals surface area (Å²) in [5.41, 5.74) is 31.2. The molecule has 18 aromatic rings. The van der Waals surface area contributed by atoms with Gasteiger partial charge in [-0.2, -0.15) is 0 Å². The Morgan fingerprint density at radius 3 is 0.731 bits per heavy atom. The molecule has 20 rings (SSSR count). The first-order valence-corrected chi connectivity index (χ1v) is 44.0. The molecule has 2 unspecified atom stereocenters. The summed E-state index contributed by atoms with van der Waals surface area (Å²) < 4.78 is 71.3. The molecule has 0 bridgehead atoms. The molecule has 0 N–H and O–H groups in total. The average Bonchev–Trinajstić information content (AvgIpc) is 1.54. The molecule has 0 spiro atoms. The normalized spacial score (nSPS) is 14.2. The zero-order valence-electron chi connectivity index (χ0n) is 73.1. The van der Waals surface area contributed by atoms with E-state index in [4.69, 9.17) is 9.47 Å². The highest BCUT2D eigenvalue weighted by Gasteiger charge is 2.48. The van der Waals surface area contributed by atoms with Crippen molar-refractivity contribution < 1.29 is 27.0 Å². The molecular formula is C122H92F4N2O2. The van der Waals surface area contributed by atoms with Crippen molar-refractivity contribution in [1.29, 1.82) is 0 Å². The Balaban J connectivity index is 0.635. The highest BCUT2D eigenvalue weighted by Crippen LogP contribution is 2.60. The number of hydrogen-bond acceptors (Lipinski definition) is 4. The Kier molecular flexibility index (Phi) is 21.4. The molecule has 0 aromatic heterocycles. The van der Waals surface area contributed by atoms with Crippen molar-refractivity contribution in [3.63, 3.8) is 0 Å². The molecule has 0 saturated carbocycles. The Bertz CT molecular complexity index is 6840. The first kappa shape index (κ1) is 82.6. The second-order valence-electron chi connectivity index (χ2n) is 35.8. The van der Waals surface area contributed by atoms with Crippen molar-refractivity contribution in [2.24, 2.45) is 0 Å². The lowest BCUT2D eigenvalue weighted by Crippen LogP contribution is -2.29. The van der Waals surface area contributed by atoms with Crippen LogP contribution < -0.4 is 19.3 Å². The quantitative estimate of drug-likeness (QED) is 0.0670. The highest BCUT2D eigenvalue weighted by molar-refractivity contribution is 5.92. The Morgan fingerprint density at radius 1 is 0.231 bits per heavy atom. The summed E-state index contributed by atoms with van der Waals surface area (Å²) >= 11 is 0. The van der Waals surface area contributed by atoms with E-state index in [-0.39, 0.29) is 10.8 Å². The monoisotopic (exact) mass is 1690 g/mol. The summed E-state index contributed by atoms with van der Waals surface area (Å²) in [6, 6.07) is 141. The fourth-order valence-corrected chi connectivity index (χ4v) is 19.2. The molecule has 18 aromatic carbocycles. The zero-order valence-corrected chi connectivity index (χ0v) is 73.1. The number of nitrogens with zero attached hydrogens (tertiary/aromatic N) is 2. The lowest BCUT2D eigenvalue weighted by molar-refractivity contribution is 0.482. The van der Waals surface area contributed by atoms with Gasteiger partial charge in [-0.25, -0.2) is 17.6 Å². The molecule has 8 heteroatoms. The molecule has 0 amide bonds. The van der Waals surface area contributed by atoms with Gasteiger partial charge in [-0.3, -0.25) is 0 Å². The van der Waals surface area contributed by atoms with Gasteiger partial charge in [-0.1, -0.05) is 322 Å². The second-order valence-corrected chi connectivity index (χ2v) is 35.8. The van der Waals surface area contributed by atoms with Gasteiger partial charge in [-0.15, -0.1) is 0 Å². The summed E-state index contributed by atoms with van der Waals surface area (Å²) in [4.78, 5) is 4.43. The van der Waals surface area contributed by atoms with Gasteiger partial charge >= 0.3 is 0 Å². The summed E-state index contributed by atoms with van der Waals surface area (Å²) in [6.07, 6.45) is 3.65. The van der Waals surface area contributed by atoms with Crippen LogP contribution in [0.15, 0.2) is 426 Å². The van der Waals surface area contributed by atoms with E-state index >= 15 is 0 Å². The van der Waals surface area contributed by atoms with Crippen molar-refractivity contribution in [2.75, 3.05) is 9.80 Å². The number of ether oxygens (including phenoxy) is 2. The maximum absolute atomic E-state index is 14.8. The minimum Gasteiger partial charge on any atom is -0.457 e. The Hall–Kier alpha value is -15.6. The SMILES string of the molecule is C=Cc1ccc(Oc2ccc(C3(c4ccc(C(C)(C)C)cc4)c4ccccc4-c4ccc(-c5ccc(N(c6ccc(-c7ccc(N(c8ccc(-c9ccc(F)c(F)c9)cc8)c8ccc(-c9ccc%10c(c9)C(c9ccc(Oc%11ccc(C=C)cc%11)cc9)(c9ccc(C(C)(C)C)cc9)c9ccccc9-%10)cc8)cc7)cc6)c6ccc(-c7ccc(F)c(F)c7)cc6)cc5)cc43)cc2)cc1. The van der Waals surface area contributed by atoms with E-state index in [1.165, 1.54) is 67.8 Å². The van der Waals surface area contributed by atoms with Crippen LogP contribution in [0.1, 0.15) is 108 Å². The van der Waals surface area contributed by atoms with E-state index in [1.807, 2.05) is 109 Å². The zero-order chi connectivity index (χ0) is 89.2. The topological polar surface area (TPSA) is 24.9 Å². The van der Waals surface area contributed by atoms with Crippen molar-refractivity contribution in [1.82, 2.24) is 0 Å². The maximum Gasteiger partial charge on any atom is 0.159 e. The van der Waals surface area contributed by atoms with Crippen LogP contribution in [-0.4, -0.2) is 0 Å².